The number of allylic oxidation sites excluding steroid dienone is 2. The number of hydrogen-bond acceptors (Lipinski definition) is 4. The molecule has 0 N–H and O–H groups in total. The van der Waals surface area contributed by atoms with Crippen LogP contribution in [0.1, 0.15) is 33.6 Å². The maximum absolute atomic E-state index is 12.0. The van der Waals surface area contributed by atoms with Crippen molar-refractivity contribution in [1.29, 1.82) is 0 Å². The van der Waals surface area contributed by atoms with Gasteiger partial charge in [-0.2, -0.15) is 0 Å². The molecule has 0 aliphatic carbocycles. The Morgan fingerprint density at radius 2 is 1.72 bits per heavy atom. The predicted molar refractivity (Wildman–Crippen MR) is 68.6 cm³/mol. The first-order valence-corrected chi connectivity index (χ1v) is 5.98. The van der Waals surface area contributed by atoms with Crippen molar-refractivity contribution in [3.05, 3.63) is 12.2 Å². The van der Waals surface area contributed by atoms with E-state index in [9.17, 15) is 9.59 Å². The monoisotopic (exact) mass is 252 g/mol. The Balaban J connectivity index is 5.33. The second-order valence-electron chi connectivity index (χ2n) is 3.68. The fourth-order valence-corrected chi connectivity index (χ4v) is 1.50. The second-order valence-corrected chi connectivity index (χ2v) is 3.68. The van der Waals surface area contributed by atoms with Crippen LogP contribution in [0.25, 0.3) is 0 Å². The minimum Gasteiger partial charge on any atom is -0.465 e. The smallest absolute Gasteiger partial charge is 0.324 e. The standard InChI is InChI=1S/C14H20O4/c1-5-9-11-14(10-6-2,12(15)17-7-3)13(16)18-8-4/h2,5,9H,7-8,10-11H2,1,3-4H3/b9-5-. The summed E-state index contributed by atoms with van der Waals surface area (Å²) in [7, 11) is 0. The minimum atomic E-state index is -1.42. The molecule has 4 heteroatoms. The molecule has 0 saturated heterocycles. The van der Waals surface area contributed by atoms with E-state index in [2.05, 4.69) is 5.92 Å². The van der Waals surface area contributed by atoms with Gasteiger partial charge in [-0.15, -0.1) is 12.3 Å². The van der Waals surface area contributed by atoms with Crippen LogP contribution in [0, 0.1) is 17.8 Å². The number of carbonyl (C=O) groups excluding carboxylic acids is 2. The predicted octanol–water partition coefficient (Wildman–Crippen LogP) is 2.09. The average molecular weight is 252 g/mol. The summed E-state index contributed by atoms with van der Waals surface area (Å²) >= 11 is 0. The van der Waals surface area contributed by atoms with E-state index >= 15 is 0 Å². The van der Waals surface area contributed by atoms with Crippen molar-refractivity contribution < 1.29 is 19.1 Å². The molecule has 0 unspecified atom stereocenters. The van der Waals surface area contributed by atoms with E-state index in [1.54, 1.807) is 32.9 Å². The third kappa shape index (κ3) is 3.92. The molecule has 0 spiro atoms. The van der Waals surface area contributed by atoms with Crippen LogP contribution in [0.2, 0.25) is 0 Å². The molecule has 4 nitrogen and oxygen atoms in total. The van der Waals surface area contributed by atoms with Crippen molar-refractivity contribution in [3.63, 3.8) is 0 Å². The van der Waals surface area contributed by atoms with Gasteiger partial charge in [0, 0.05) is 6.42 Å². The lowest BCUT2D eigenvalue weighted by molar-refractivity contribution is -0.171. The topological polar surface area (TPSA) is 52.6 Å². The third-order valence-corrected chi connectivity index (χ3v) is 2.44. The van der Waals surface area contributed by atoms with E-state index < -0.39 is 17.4 Å². The number of hydrogen-bond donors (Lipinski definition) is 0. The van der Waals surface area contributed by atoms with Crippen molar-refractivity contribution >= 4 is 11.9 Å². The highest BCUT2D eigenvalue weighted by Gasteiger charge is 2.47. The van der Waals surface area contributed by atoms with E-state index in [1.807, 2.05) is 0 Å². The van der Waals surface area contributed by atoms with Gasteiger partial charge in [-0.1, -0.05) is 12.2 Å². The highest BCUT2D eigenvalue weighted by atomic mass is 16.6. The fourth-order valence-electron chi connectivity index (χ4n) is 1.50. The zero-order valence-corrected chi connectivity index (χ0v) is 11.2. The Labute approximate surface area is 108 Å². The summed E-state index contributed by atoms with van der Waals surface area (Å²) in [6.07, 6.45) is 8.88. The molecule has 0 atom stereocenters. The zero-order valence-electron chi connectivity index (χ0n) is 11.2. The van der Waals surface area contributed by atoms with Gasteiger partial charge in [0.2, 0.25) is 0 Å². The van der Waals surface area contributed by atoms with Gasteiger partial charge in [0.25, 0.3) is 0 Å². The van der Waals surface area contributed by atoms with E-state index in [4.69, 9.17) is 15.9 Å². The first kappa shape index (κ1) is 16.2. The molecule has 0 aliphatic rings. The molecule has 0 amide bonds. The number of carbonyl (C=O) groups is 2. The normalized spacial score (nSPS) is 11.0. The summed E-state index contributed by atoms with van der Waals surface area (Å²) in [5, 5.41) is 0. The molecule has 18 heavy (non-hydrogen) atoms. The van der Waals surface area contributed by atoms with Crippen molar-refractivity contribution in [2.75, 3.05) is 13.2 Å². The van der Waals surface area contributed by atoms with Crippen LogP contribution in [-0.2, 0) is 19.1 Å². The molecule has 100 valence electrons. The minimum absolute atomic E-state index is 0.0327. The summed E-state index contributed by atoms with van der Waals surface area (Å²) in [5.74, 6) is 1.11. The molecule has 0 radical (unpaired) electrons. The SMILES string of the molecule is C#CCC(C/C=C\C)(C(=O)OCC)C(=O)OCC. The van der Waals surface area contributed by atoms with Crippen molar-refractivity contribution in [1.82, 2.24) is 0 Å². The summed E-state index contributed by atoms with van der Waals surface area (Å²) in [5.41, 5.74) is -1.42. The van der Waals surface area contributed by atoms with Crippen molar-refractivity contribution in [2.45, 2.75) is 33.6 Å². The summed E-state index contributed by atoms with van der Waals surface area (Å²) < 4.78 is 9.91. The van der Waals surface area contributed by atoms with Gasteiger partial charge in [0.15, 0.2) is 5.41 Å². The van der Waals surface area contributed by atoms with Gasteiger partial charge in [-0.05, 0) is 27.2 Å². The lowest BCUT2D eigenvalue weighted by Gasteiger charge is -2.26. The van der Waals surface area contributed by atoms with Crippen LogP contribution in [0.15, 0.2) is 12.2 Å². The summed E-state index contributed by atoms with van der Waals surface area (Å²) in [6.45, 7) is 5.55. The van der Waals surface area contributed by atoms with Crippen LogP contribution in [0.5, 0.6) is 0 Å². The van der Waals surface area contributed by atoms with Crippen molar-refractivity contribution in [3.8, 4) is 12.3 Å². The molecule has 0 rings (SSSR count). The Morgan fingerprint density at radius 3 is 2.06 bits per heavy atom. The third-order valence-electron chi connectivity index (χ3n) is 2.44. The largest absolute Gasteiger partial charge is 0.465 e. The summed E-state index contributed by atoms with van der Waals surface area (Å²) in [4.78, 5) is 24.0. The maximum Gasteiger partial charge on any atom is 0.324 e. The Kier molecular flexibility index (Phi) is 7.53. The van der Waals surface area contributed by atoms with Gasteiger partial charge < -0.3 is 9.47 Å². The maximum atomic E-state index is 12.0. The molecular weight excluding hydrogens is 232 g/mol. The van der Waals surface area contributed by atoms with Gasteiger partial charge >= 0.3 is 11.9 Å². The molecule has 0 aromatic rings. The van der Waals surface area contributed by atoms with Crippen LogP contribution in [0.4, 0.5) is 0 Å². The first-order chi connectivity index (χ1) is 8.58. The Hall–Kier alpha value is -1.76. The average Bonchev–Trinajstić information content (AvgIpc) is 2.35. The van der Waals surface area contributed by atoms with Gasteiger partial charge in [-0.3, -0.25) is 9.59 Å². The van der Waals surface area contributed by atoms with Gasteiger partial charge in [0.1, 0.15) is 0 Å². The van der Waals surface area contributed by atoms with E-state index in [-0.39, 0.29) is 26.1 Å². The van der Waals surface area contributed by atoms with E-state index in [0.29, 0.717) is 0 Å². The van der Waals surface area contributed by atoms with Gasteiger partial charge in [0.05, 0.1) is 13.2 Å². The Bertz CT molecular complexity index is 331. The van der Waals surface area contributed by atoms with E-state index in [0.717, 1.165) is 0 Å². The van der Waals surface area contributed by atoms with Crippen LogP contribution < -0.4 is 0 Å². The Morgan fingerprint density at radius 1 is 1.22 bits per heavy atom. The van der Waals surface area contributed by atoms with Crippen LogP contribution >= 0.6 is 0 Å². The van der Waals surface area contributed by atoms with Crippen LogP contribution in [0.3, 0.4) is 0 Å². The highest BCUT2D eigenvalue weighted by Crippen LogP contribution is 2.31. The first-order valence-electron chi connectivity index (χ1n) is 5.98. The van der Waals surface area contributed by atoms with Crippen molar-refractivity contribution in [2.24, 2.45) is 5.41 Å². The molecular formula is C14H20O4. The number of esters is 2. The van der Waals surface area contributed by atoms with Gasteiger partial charge in [-0.25, -0.2) is 0 Å². The quantitative estimate of drug-likeness (QED) is 0.301. The van der Waals surface area contributed by atoms with E-state index in [1.165, 1.54) is 0 Å². The fraction of sp³-hybridized carbons (Fsp3) is 0.571. The second kappa shape index (κ2) is 8.35. The lowest BCUT2D eigenvalue weighted by atomic mass is 9.81. The number of terminal acetylenes is 1. The zero-order chi connectivity index (χ0) is 14.0. The lowest BCUT2D eigenvalue weighted by Crippen LogP contribution is -2.41. The highest BCUT2D eigenvalue weighted by molar-refractivity contribution is 6.00. The molecule has 0 aromatic carbocycles. The molecule has 0 bridgehead atoms. The molecule has 0 aromatic heterocycles. The molecule has 0 heterocycles. The molecule has 0 saturated carbocycles. The van der Waals surface area contributed by atoms with Crippen LogP contribution in [-0.4, -0.2) is 25.2 Å². The molecule has 0 aliphatic heterocycles. The molecule has 0 fully saturated rings. The summed E-state index contributed by atoms with van der Waals surface area (Å²) in [6, 6.07) is 0. The number of ether oxygens (including phenoxy) is 2. The number of rotatable bonds is 7.